The van der Waals surface area contributed by atoms with Crippen LogP contribution in [-0.4, -0.2) is 11.3 Å². The zero-order valence-electron chi connectivity index (χ0n) is 28.9. The maximum absolute atomic E-state index is 6.78. The van der Waals surface area contributed by atoms with Crippen LogP contribution in [-0.2, 0) is 5.41 Å². The van der Waals surface area contributed by atoms with Crippen LogP contribution in [0.2, 0.25) is 0 Å². The van der Waals surface area contributed by atoms with E-state index in [4.69, 9.17) is 9.47 Å². The number of ether oxygens (including phenoxy) is 2. The highest BCUT2D eigenvalue weighted by atomic mass is 16.5. The Bertz CT molecular complexity index is 2850. The van der Waals surface area contributed by atoms with E-state index in [0.29, 0.717) is 0 Å². The van der Waals surface area contributed by atoms with Gasteiger partial charge < -0.3 is 14.0 Å². The average molecular weight is 678 g/mol. The minimum atomic E-state index is -0.415. The first-order valence-corrected chi connectivity index (χ1v) is 18.6. The topological polar surface area (TPSA) is 23.4 Å². The molecule has 3 nitrogen and oxygen atoms in total. The number of allylic oxidation sites excluding steroid dienone is 4. The van der Waals surface area contributed by atoms with Crippen molar-refractivity contribution in [1.82, 2.24) is 4.57 Å². The molecule has 1 aromatic heterocycles. The highest BCUT2D eigenvalue weighted by molar-refractivity contribution is 6.98. The van der Waals surface area contributed by atoms with E-state index < -0.39 is 5.41 Å². The van der Waals surface area contributed by atoms with Crippen LogP contribution in [0.3, 0.4) is 0 Å². The number of hydrogen-bond acceptors (Lipinski definition) is 2. The summed E-state index contributed by atoms with van der Waals surface area (Å²) in [5.41, 5.74) is 14.4. The van der Waals surface area contributed by atoms with E-state index in [1.807, 2.05) is 0 Å². The van der Waals surface area contributed by atoms with Crippen molar-refractivity contribution in [3.8, 4) is 39.8 Å². The van der Waals surface area contributed by atoms with Gasteiger partial charge in [-0.2, -0.15) is 0 Å². The van der Waals surface area contributed by atoms with Crippen LogP contribution in [0.15, 0.2) is 175 Å². The van der Waals surface area contributed by atoms with E-state index >= 15 is 0 Å². The Morgan fingerprint density at radius 2 is 1.23 bits per heavy atom. The molecule has 0 bridgehead atoms. The Kier molecular flexibility index (Phi) is 5.91. The molecular weight excluding hydrogens is 645 g/mol. The summed E-state index contributed by atoms with van der Waals surface area (Å²) >= 11 is 0. The molecule has 2 aliphatic heterocycles. The molecule has 3 heterocycles. The summed E-state index contributed by atoms with van der Waals surface area (Å²) in [4.78, 5) is 0. The third-order valence-electron chi connectivity index (χ3n) is 12.1. The summed E-state index contributed by atoms with van der Waals surface area (Å²) in [7, 11) is 0. The van der Waals surface area contributed by atoms with Gasteiger partial charge in [0.05, 0.1) is 22.1 Å². The Morgan fingerprint density at radius 3 is 1.98 bits per heavy atom. The van der Waals surface area contributed by atoms with Crippen LogP contribution in [0.25, 0.3) is 38.6 Å². The van der Waals surface area contributed by atoms with E-state index in [9.17, 15) is 0 Å². The first-order valence-electron chi connectivity index (χ1n) is 18.6. The van der Waals surface area contributed by atoms with Gasteiger partial charge in [-0.3, -0.25) is 0 Å². The van der Waals surface area contributed by atoms with Crippen molar-refractivity contribution in [2.45, 2.75) is 18.3 Å². The van der Waals surface area contributed by atoms with Crippen LogP contribution < -0.4 is 25.9 Å². The SMILES string of the molecule is C1=CCCC(C2(c3ccccc3)c3ccccc3-c3cc4c5ccccc5n(-c5cc6c7c(c5)Oc5ccccc5B7c5ccccc5O6)c4cc32)=C1. The standard InChI is InChI=1S/C49H32BNO2/c1-3-15-31(16-4-1)49(32-17-5-2-6-18-32)38-21-9-7-19-34(38)36-29-37-35-20-8-12-24-42(35)51(43(37)30-39(36)49)33-27-46-48-47(28-33)53-45-26-14-11-23-41(45)50(48)40-22-10-13-25-44(40)52-46/h1-5,7-17,19-30H,6,18H2. The van der Waals surface area contributed by atoms with Crippen molar-refractivity contribution >= 4 is 44.9 Å². The van der Waals surface area contributed by atoms with Crippen molar-refractivity contribution in [3.05, 3.63) is 192 Å². The number of rotatable bonds is 3. The summed E-state index contributed by atoms with van der Waals surface area (Å²) in [6, 6.07) is 55.3. The van der Waals surface area contributed by atoms with Gasteiger partial charge >= 0.3 is 0 Å². The summed E-state index contributed by atoms with van der Waals surface area (Å²) in [5, 5.41) is 2.46. The normalized spacial score (nSPS) is 17.3. The summed E-state index contributed by atoms with van der Waals surface area (Å²) in [6.45, 7) is 0.0354. The number of aromatic nitrogens is 1. The molecular formula is C49H32BNO2. The summed E-state index contributed by atoms with van der Waals surface area (Å²) in [5.74, 6) is 3.47. The van der Waals surface area contributed by atoms with Crippen molar-refractivity contribution in [1.29, 1.82) is 0 Å². The van der Waals surface area contributed by atoms with Gasteiger partial charge in [0.25, 0.3) is 6.71 Å². The fourth-order valence-electron chi connectivity index (χ4n) is 9.97. The molecule has 248 valence electrons. The third-order valence-corrected chi connectivity index (χ3v) is 12.1. The second-order valence-electron chi connectivity index (χ2n) is 14.7. The Morgan fingerprint density at radius 1 is 0.547 bits per heavy atom. The second-order valence-corrected chi connectivity index (χ2v) is 14.7. The minimum Gasteiger partial charge on any atom is -0.458 e. The Labute approximate surface area is 308 Å². The highest BCUT2D eigenvalue weighted by Gasteiger charge is 2.48. The lowest BCUT2D eigenvalue weighted by Gasteiger charge is -2.36. The first kappa shape index (κ1) is 29.1. The van der Waals surface area contributed by atoms with Crippen LogP contribution in [0.1, 0.15) is 29.5 Å². The number of hydrogen-bond donors (Lipinski definition) is 0. The second kappa shape index (κ2) is 10.8. The van der Waals surface area contributed by atoms with Gasteiger partial charge in [-0.25, -0.2) is 0 Å². The van der Waals surface area contributed by atoms with Gasteiger partial charge in [-0.1, -0.05) is 133 Å². The lowest BCUT2D eigenvalue weighted by molar-refractivity contribution is 0.464. The maximum atomic E-state index is 6.78. The molecule has 0 radical (unpaired) electrons. The molecule has 0 spiro atoms. The van der Waals surface area contributed by atoms with Crippen molar-refractivity contribution in [2.75, 3.05) is 0 Å². The van der Waals surface area contributed by atoms with E-state index in [-0.39, 0.29) is 6.71 Å². The minimum absolute atomic E-state index is 0.0354. The average Bonchev–Trinajstić information content (AvgIpc) is 3.70. The first-order chi connectivity index (χ1) is 26.3. The molecule has 7 aromatic carbocycles. The Balaban J connectivity index is 1.17. The maximum Gasteiger partial charge on any atom is 0.260 e. The highest BCUT2D eigenvalue weighted by Crippen LogP contribution is 2.58. The zero-order chi connectivity index (χ0) is 34.7. The van der Waals surface area contributed by atoms with E-state index in [1.54, 1.807) is 0 Å². The van der Waals surface area contributed by atoms with Gasteiger partial charge in [-0.05, 0) is 81.9 Å². The molecule has 1 unspecified atom stereocenters. The monoisotopic (exact) mass is 677 g/mol. The predicted octanol–water partition coefficient (Wildman–Crippen LogP) is 10.1. The molecule has 0 amide bonds. The molecule has 1 atom stereocenters. The van der Waals surface area contributed by atoms with Crippen molar-refractivity contribution < 1.29 is 9.47 Å². The fourth-order valence-corrected chi connectivity index (χ4v) is 9.97. The van der Waals surface area contributed by atoms with E-state index in [0.717, 1.165) is 52.5 Å². The Hall–Kier alpha value is -6.52. The van der Waals surface area contributed by atoms with Crippen LogP contribution >= 0.6 is 0 Å². The predicted molar refractivity (Wildman–Crippen MR) is 217 cm³/mol. The van der Waals surface area contributed by atoms with Crippen molar-refractivity contribution in [3.63, 3.8) is 0 Å². The lowest BCUT2D eigenvalue weighted by atomic mass is 9.35. The molecule has 12 rings (SSSR count). The third kappa shape index (κ3) is 3.85. The quantitative estimate of drug-likeness (QED) is 0.174. The van der Waals surface area contributed by atoms with E-state index in [2.05, 4.69) is 174 Å². The number of fused-ring (bicyclic) bond motifs is 10. The number of para-hydroxylation sites is 3. The zero-order valence-corrected chi connectivity index (χ0v) is 28.9. The molecule has 0 saturated carbocycles. The van der Waals surface area contributed by atoms with Gasteiger partial charge in [-0.15, -0.1) is 0 Å². The molecule has 0 N–H and O–H groups in total. The van der Waals surface area contributed by atoms with Gasteiger partial charge in [0.2, 0.25) is 0 Å². The van der Waals surface area contributed by atoms with Crippen LogP contribution in [0.4, 0.5) is 0 Å². The lowest BCUT2D eigenvalue weighted by Crippen LogP contribution is -2.57. The summed E-state index contributed by atoms with van der Waals surface area (Å²) < 4.78 is 16.0. The molecule has 0 saturated heterocycles. The number of benzene rings is 7. The molecule has 0 fully saturated rings. The largest absolute Gasteiger partial charge is 0.458 e. The van der Waals surface area contributed by atoms with Crippen molar-refractivity contribution in [2.24, 2.45) is 0 Å². The summed E-state index contributed by atoms with van der Waals surface area (Å²) in [6.07, 6.45) is 8.96. The number of nitrogens with zero attached hydrogens (tertiary/aromatic N) is 1. The molecule has 53 heavy (non-hydrogen) atoms. The smallest absolute Gasteiger partial charge is 0.260 e. The molecule has 2 aliphatic carbocycles. The molecule has 8 aromatic rings. The fraction of sp³-hybridized carbons (Fsp3) is 0.0612. The molecule has 4 heteroatoms. The van der Waals surface area contributed by atoms with Crippen LogP contribution in [0.5, 0.6) is 23.0 Å². The molecule has 4 aliphatic rings. The van der Waals surface area contributed by atoms with Gasteiger partial charge in [0.1, 0.15) is 23.0 Å². The van der Waals surface area contributed by atoms with Gasteiger partial charge in [0, 0.05) is 28.4 Å². The van der Waals surface area contributed by atoms with Gasteiger partial charge in [0.15, 0.2) is 0 Å². The van der Waals surface area contributed by atoms with E-state index in [1.165, 1.54) is 60.6 Å². The van der Waals surface area contributed by atoms with Crippen LogP contribution in [0, 0.1) is 0 Å².